The molecule has 1 rings (SSSR count). The molecule has 4 nitrogen and oxygen atoms in total. The van der Waals surface area contributed by atoms with E-state index >= 15 is 0 Å². The summed E-state index contributed by atoms with van der Waals surface area (Å²) in [4.78, 5) is 15.3. The Hall–Kier alpha value is -1.42. The lowest BCUT2D eigenvalue weighted by atomic mass is 10.1. The van der Waals surface area contributed by atoms with E-state index < -0.39 is 0 Å². The van der Waals surface area contributed by atoms with Crippen LogP contribution in [0.2, 0.25) is 0 Å². The first-order chi connectivity index (χ1) is 8.09. The number of aryl methyl sites for hydroxylation is 1. The van der Waals surface area contributed by atoms with Gasteiger partial charge in [0.1, 0.15) is 13.2 Å². The summed E-state index contributed by atoms with van der Waals surface area (Å²) in [6.07, 6.45) is 1.75. The molecular weight excluding hydrogens is 218 g/mol. The lowest BCUT2D eigenvalue weighted by Gasteiger charge is -2.07. The molecule has 0 aliphatic carbocycles. The lowest BCUT2D eigenvalue weighted by molar-refractivity contribution is -0.126. The Morgan fingerprint density at radius 2 is 2.12 bits per heavy atom. The molecule has 1 aromatic heterocycles. The van der Waals surface area contributed by atoms with Crippen LogP contribution in [0, 0.1) is 12.8 Å². The summed E-state index contributed by atoms with van der Waals surface area (Å²) < 4.78 is 10.6. The number of carbonyl (C=O) groups excluding carboxylic acids is 1. The number of rotatable bonds is 7. The number of Topliss-reactive ketones (excluding diaryl/α,β-unsaturated/α-hetero) is 1. The molecule has 94 valence electrons. The molecule has 0 N–H and O–H groups in total. The highest BCUT2D eigenvalue weighted by Crippen LogP contribution is 2.06. The number of hydrogen-bond acceptors (Lipinski definition) is 4. The van der Waals surface area contributed by atoms with Gasteiger partial charge in [-0.15, -0.1) is 0 Å². The van der Waals surface area contributed by atoms with Crippen LogP contribution in [0.25, 0.3) is 0 Å². The van der Waals surface area contributed by atoms with Gasteiger partial charge in [0.15, 0.2) is 5.78 Å². The summed E-state index contributed by atoms with van der Waals surface area (Å²) in [5.74, 6) is 0.711. The van der Waals surface area contributed by atoms with Gasteiger partial charge in [-0.05, 0) is 12.5 Å². The molecule has 17 heavy (non-hydrogen) atoms. The van der Waals surface area contributed by atoms with Crippen LogP contribution in [-0.2, 0) is 9.53 Å². The molecular formula is C13H19NO3. The summed E-state index contributed by atoms with van der Waals surface area (Å²) in [7, 11) is 0. The van der Waals surface area contributed by atoms with E-state index in [9.17, 15) is 4.79 Å². The molecule has 0 aromatic carbocycles. The largest absolute Gasteiger partial charge is 0.475 e. The van der Waals surface area contributed by atoms with Crippen LogP contribution in [0.3, 0.4) is 0 Å². The number of ketones is 1. The number of pyridine rings is 1. The quantitative estimate of drug-likeness (QED) is 0.681. The van der Waals surface area contributed by atoms with E-state index in [4.69, 9.17) is 9.47 Å². The monoisotopic (exact) mass is 237 g/mol. The van der Waals surface area contributed by atoms with Crippen LogP contribution in [0.4, 0.5) is 0 Å². The topological polar surface area (TPSA) is 48.4 Å². The Kier molecular flexibility index (Phi) is 5.63. The van der Waals surface area contributed by atoms with Gasteiger partial charge in [0, 0.05) is 18.2 Å². The average molecular weight is 237 g/mol. The van der Waals surface area contributed by atoms with Crippen LogP contribution < -0.4 is 4.74 Å². The molecule has 1 heterocycles. The Morgan fingerprint density at radius 1 is 1.35 bits per heavy atom. The summed E-state index contributed by atoms with van der Waals surface area (Å²) in [5.41, 5.74) is 1.09. The van der Waals surface area contributed by atoms with E-state index in [1.165, 1.54) is 0 Å². The maximum atomic E-state index is 11.2. The number of nitrogens with zero attached hydrogens (tertiary/aromatic N) is 1. The summed E-state index contributed by atoms with van der Waals surface area (Å²) >= 11 is 0. The van der Waals surface area contributed by atoms with Gasteiger partial charge in [-0.1, -0.05) is 19.9 Å². The fourth-order valence-electron chi connectivity index (χ4n) is 1.08. The van der Waals surface area contributed by atoms with E-state index in [1.54, 1.807) is 6.20 Å². The van der Waals surface area contributed by atoms with Crippen LogP contribution in [0.5, 0.6) is 5.88 Å². The molecule has 0 saturated heterocycles. The normalized spacial score (nSPS) is 10.6. The van der Waals surface area contributed by atoms with Crippen molar-refractivity contribution >= 4 is 5.78 Å². The van der Waals surface area contributed by atoms with Crippen molar-refractivity contribution < 1.29 is 14.3 Å². The zero-order valence-electron chi connectivity index (χ0n) is 10.6. The second-order valence-corrected chi connectivity index (χ2v) is 4.20. The molecule has 0 bridgehead atoms. The second-order valence-electron chi connectivity index (χ2n) is 4.20. The molecule has 4 heteroatoms. The van der Waals surface area contributed by atoms with Crippen molar-refractivity contribution in [3.63, 3.8) is 0 Å². The Morgan fingerprint density at radius 3 is 2.71 bits per heavy atom. The first-order valence-corrected chi connectivity index (χ1v) is 5.75. The van der Waals surface area contributed by atoms with Crippen molar-refractivity contribution in [3.05, 3.63) is 23.9 Å². The second kappa shape index (κ2) is 7.01. The molecule has 0 unspecified atom stereocenters. The standard InChI is InChI=1S/C13H19NO3/c1-10(2)12(15)9-16-6-7-17-13-5-4-11(3)8-14-13/h4-5,8,10H,6-7,9H2,1-3H3. The van der Waals surface area contributed by atoms with Gasteiger partial charge in [-0.25, -0.2) is 4.98 Å². The Bertz CT molecular complexity index is 346. The van der Waals surface area contributed by atoms with Crippen LogP contribution in [0.1, 0.15) is 19.4 Å². The number of ether oxygens (including phenoxy) is 2. The van der Waals surface area contributed by atoms with Gasteiger partial charge in [-0.3, -0.25) is 4.79 Å². The van der Waals surface area contributed by atoms with Crippen LogP contribution >= 0.6 is 0 Å². The molecule has 0 fully saturated rings. The van der Waals surface area contributed by atoms with Gasteiger partial charge in [-0.2, -0.15) is 0 Å². The molecule has 0 aliphatic heterocycles. The third kappa shape index (κ3) is 5.45. The minimum absolute atomic E-state index is 0.0229. The lowest BCUT2D eigenvalue weighted by Crippen LogP contribution is -2.17. The average Bonchev–Trinajstić information content (AvgIpc) is 2.30. The van der Waals surface area contributed by atoms with Crippen molar-refractivity contribution in [3.8, 4) is 5.88 Å². The van der Waals surface area contributed by atoms with E-state index in [0.29, 0.717) is 19.1 Å². The first kappa shape index (κ1) is 13.6. The summed E-state index contributed by atoms with van der Waals surface area (Å²) in [6.45, 7) is 6.64. The van der Waals surface area contributed by atoms with E-state index in [2.05, 4.69) is 4.98 Å². The number of aromatic nitrogens is 1. The predicted octanol–water partition coefficient (Wildman–Crippen LogP) is 2.01. The maximum Gasteiger partial charge on any atom is 0.213 e. The van der Waals surface area contributed by atoms with Crippen LogP contribution in [0.15, 0.2) is 18.3 Å². The zero-order chi connectivity index (χ0) is 12.7. The smallest absolute Gasteiger partial charge is 0.213 e. The van der Waals surface area contributed by atoms with Gasteiger partial charge in [0.05, 0.1) is 6.61 Å². The SMILES string of the molecule is Cc1ccc(OCCOCC(=O)C(C)C)nc1. The van der Waals surface area contributed by atoms with Crippen molar-refractivity contribution in [1.29, 1.82) is 0 Å². The van der Waals surface area contributed by atoms with Gasteiger partial charge < -0.3 is 9.47 Å². The van der Waals surface area contributed by atoms with Crippen molar-refractivity contribution in [2.75, 3.05) is 19.8 Å². The zero-order valence-corrected chi connectivity index (χ0v) is 10.6. The Labute approximate surface area is 102 Å². The fraction of sp³-hybridized carbons (Fsp3) is 0.538. The third-order valence-corrected chi connectivity index (χ3v) is 2.25. The van der Waals surface area contributed by atoms with E-state index in [0.717, 1.165) is 5.56 Å². The molecule has 0 radical (unpaired) electrons. The summed E-state index contributed by atoms with van der Waals surface area (Å²) in [5, 5.41) is 0. The Balaban J connectivity index is 2.12. The van der Waals surface area contributed by atoms with Gasteiger partial charge in [0.25, 0.3) is 0 Å². The van der Waals surface area contributed by atoms with E-state index in [-0.39, 0.29) is 18.3 Å². The van der Waals surface area contributed by atoms with Gasteiger partial charge >= 0.3 is 0 Å². The third-order valence-electron chi connectivity index (χ3n) is 2.25. The maximum absolute atomic E-state index is 11.2. The number of hydrogen-bond donors (Lipinski definition) is 0. The molecule has 0 atom stereocenters. The highest BCUT2D eigenvalue weighted by molar-refractivity contribution is 5.81. The number of carbonyl (C=O) groups is 1. The molecule has 1 aromatic rings. The highest BCUT2D eigenvalue weighted by atomic mass is 16.5. The van der Waals surface area contributed by atoms with Gasteiger partial charge in [0.2, 0.25) is 5.88 Å². The fourth-order valence-corrected chi connectivity index (χ4v) is 1.08. The minimum atomic E-state index is 0.0229. The molecule has 0 saturated carbocycles. The van der Waals surface area contributed by atoms with Crippen molar-refractivity contribution in [2.24, 2.45) is 5.92 Å². The van der Waals surface area contributed by atoms with Crippen molar-refractivity contribution in [2.45, 2.75) is 20.8 Å². The molecule has 0 amide bonds. The minimum Gasteiger partial charge on any atom is -0.475 e. The summed E-state index contributed by atoms with van der Waals surface area (Å²) in [6, 6.07) is 3.75. The van der Waals surface area contributed by atoms with E-state index in [1.807, 2.05) is 32.9 Å². The highest BCUT2D eigenvalue weighted by Gasteiger charge is 2.06. The predicted molar refractivity (Wildman–Crippen MR) is 65.1 cm³/mol. The van der Waals surface area contributed by atoms with Crippen LogP contribution in [-0.4, -0.2) is 30.6 Å². The molecule has 0 aliphatic rings. The van der Waals surface area contributed by atoms with Crippen molar-refractivity contribution in [1.82, 2.24) is 4.98 Å². The molecule has 0 spiro atoms. The first-order valence-electron chi connectivity index (χ1n) is 5.75.